The van der Waals surface area contributed by atoms with Gasteiger partial charge in [0.1, 0.15) is 36.4 Å². The number of rotatable bonds is 21. The van der Waals surface area contributed by atoms with Crippen LogP contribution < -0.4 is 26.6 Å². The van der Waals surface area contributed by atoms with Crippen LogP contribution in [0.1, 0.15) is 27.2 Å². The largest absolute Gasteiger partial charge is 0.481 e. The molecule has 1 saturated heterocycles. The van der Waals surface area contributed by atoms with Gasteiger partial charge in [0.15, 0.2) is 23.0 Å². The van der Waals surface area contributed by atoms with Crippen LogP contribution in [0, 0.1) is 5.41 Å². The van der Waals surface area contributed by atoms with Gasteiger partial charge in [-0.05, 0) is 0 Å². The average Bonchev–Trinajstić information content (AvgIpc) is 3.32. The molecule has 298 valence electrons. The molecule has 0 aromatic carbocycles. The minimum Gasteiger partial charge on any atom is -0.386 e. The number of aliphatic hydroxyl groups is 2. The molecule has 1 aliphatic heterocycles. The Kier molecular flexibility index (Phi) is 17.0. The van der Waals surface area contributed by atoms with Crippen molar-refractivity contribution in [3.63, 3.8) is 0 Å². The van der Waals surface area contributed by atoms with Crippen molar-refractivity contribution in [2.45, 2.75) is 57.8 Å². The van der Waals surface area contributed by atoms with E-state index in [1.54, 1.807) is 0 Å². The molecule has 0 bridgehead atoms. The quantitative estimate of drug-likeness (QED) is 0.0505. The summed E-state index contributed by atoms with van der Waals surface area (Å²) in [7, 11) is -13.5. The monoisotopic (exact) mass is 827 g/mol. The third kappa shape index (κ3) is 14.5. The van der Waals surface area contributed by atoms with Crippen LogP contribution in [0.15, 0.2) is 6.33 Å². The van der Waals surface area contributed by atoms with Crippen molar-refractivity contribution in [3.05, 3.63) is 6.33 Å². The number of ether oxygens (including phenoxy) is 1. The van der Waals surface area contributed by atoms with Gasteiger partial charge in [0.2, 0.25) is 11.8 Å². The summed E-state index contributed by atoms with van der Waals surface area (Å²) >= 11 is 1.03. The van der Waals surface area contributed by atoms with Gasteiger partial charge in [0, 0.05) is 51.7 Å². The molecule has 1 aliphatic rings. The zero-order chi connectivity index (χ0) is 39.7. The Hall–Kier alpha value is -2.31. The summed E-state index contributed by atoms with van der Waals surface area (Å²) in [6.07, 6.45) is -7.89. The predicted molar refractivity (Wildman–Crippen MR) is 182 cm³/mol. The first-order valence-electron chi connectivity index (χ1n) is 15.0. The molecule has 0 spiro atoms. The predicted octanol–water partition coefficient (Wildman–Crippen LogP) is -1.36. The number of nitrogens with one attached hydrogen (secondary N) is 3. The highest BCUT2D eigenvalue weighted by Gasteiger charge is 2.51. The topological polar surface area (TPSA) is 361 Å². The summed E-state index contributed by atoms with van der Waals surface area (Å²) in [4.78, 5) is 83.4. The molecule has 1 aromatic heterocycles. The first-order chi connectivity index (χ1) is 23.9. The van der Waals surface area contributed by atoms with E-state index in [2.05, 4.69) is 34.8 Å². The maximum atomic E-state index is 12.6. The fourth-order valence-electron chi connectivity index (χ4n) is 4.38. The Morgan fingerprint density at radius 2 is 1.73 bits per heavy atom. The van der Waals surface area contributed by atoms with Crippen LogP contribution in [0.2, 0.25) is 0 Å². The third-order valence-corrected chi connectivity index (χ3v) is 10.9. The van der Waals surface area contributed by atoms with Crippen LogP contribution in [0.3, 0.4) is 0 Å². The third-order valence-electron chi connectivity index (χ3n) is 6.97. The molecule has 2 heterocycles. The Balaban J connectivity index is 1.99. The number of nitrogens with two attached hydrogens (primary N) is 1. The van der Waals surface area contributed by atoms with Crippen molar-refractivity contribution in [3.8, 4) is 0 Å². The fraction of sp³-hybridized carbons (Fsp3) is 0.708. The molecule has 1 fully saturated rings. The molecule has 1 aromatic rings. The van der Waals surface area contributed by atoms with Crippen molar-refractivity contribution in [1.82, 2.24) is 20.6 Å². The standard InChI is InChI=1S/C24H44N7O17P3S/c1-13(32)52-9-8-27-15(33)6-7-28-22(36)19(35)24(2,3)11-45-51(42,43)48-50(40,41)44-10-14-18(47-49(37,38)39)17(34)23(46-14)31(5)21-16(26-4)20(25)29-12-30-21/h12,14,17-19,23,26,34-35H,6-11H2,1-5H3,(H,27,33)(H,28,36)(H,40,41)(H,42,43)(H2,25,29,30)(H2,37,38,39). The molecular weight excluding hydrogens is 783 g/mol. The molecule has 11 N–H and O–H groups in total. The average molecular weight is 828 g/mol. The van der Waals surface area contributed by atoms with Crippen LogP contribution in [-0.4, -0.2) is 133 Å². The van der Waals surface area contributed by atoms with E-state index in [1.165, 1.54) is 39.8 Å². The van der Waals surface area contributed by atoms with Crippen molar-refractivity contribution in [2.75, 3.05) is 62.1 Å². The number of hydrogen-bond acceptors (Lipinski definition) is 19. The van der Waals surface area contributed by atoms with Crippen molar-refractivity contribution in [2.24, 2.45) is 5.41 Å². The lowest BCUT2D eigenvalue weighted by atomic mass is 9.87. The van der Waals surface area contributed by atoms with Gasteiger partial charge in [-0.3, -0.25) is 28.0 Å². The molecule has 0 radical (unpaired) electrons. The number of nitrogens with zero attached hydrogens (tertiary/aromatic N) is 3. The molecule has 7 atom stereocenters. The minimum absolute atomic E-state index is 0.000407. The number of anilines is 3. The molecule has 0 saturated carbocycles. The van der Waals surface area contributed by atoms with Gasteiger partial charge >= 0.3 is 23.5 Å². The number of phosphoric ester groups is 3. The summed E-state index contributed by atoms with van der Waals surface area (Å²) in [6.45, 7) is 1.92. The van der Waals surface area contributed by atoms with E-state index < -0.39 is 84.6 Å². The maximum Gasteiger partial charge on any atom is 0.481 e. The molecule has 0 aliphatic carbocycles. The number of carbonyl (C=O) groups is 3. The van der Waals surface area contributed by atoms with E-state index in [4.69, 9.17) is 19.5 Å². The SMILES string of the molecule is CNc1c(N)ncnc1N(C)C1OC(COP(=O)(O)OP(=O)(O)OCC(C)(C)C(O)C(=O)NCCC(=O)NCCSC(C)=O)C(OP(=O)(O)O)C1O. The number of nitrogen functional groups attached to an aromatic ring is 1. The van der Waals surface area contributed by atoms with Gasteiger partial charge in [-0.1, -0.05) is 25.6 Å². The Morgan fingerprint density at radius 1 is 1.10 bits per heavy atom. The smallest absolute Gasteiger partial charge is 0.386 e. The van der Waals surface area contributed by atoms with E-state index in [0.717, 1.165) is 18.1 Å². The van der Waals surface area contributed by atoms with Crippen LogP contribution >= 0.6 is 35.2 Å². The fourth-order valence-corrected chi connectivity index (χ4v) is 7.70. The number of carbonyl (C=O) groups excluding carboxylic acids is 3. The van der Waals surface area contributed by atoms with Gasteiger partial charge in [0.05, 0.1) is 13.2 Å². The van der Waals surface area contributed by atoms with Crippen molar-refractivity contribution < 1.29 is 80.5 Å². The zero-order valence-electron chi connectivity index (χ0n) is 28.5. The number of thioether (sulfide) groups is 1. The van der Waals surface area contributed by atoms with Gasteiger partial charge in [-0.25, -0.2) is 23.7 Å². The number of amides is 2. The first-order valence-corrected chi connectivity index (χ1v) is 20.5. The number of phosphoric acid groups is 3. The lowest BCUT2D eigenvalue weighted by Crippen LogP contribution is -2.46. The van der Waals surface area contributed by atoms with E-state index in [1.807, 2.05) is 0 Å². The number of aromatic nitrogens is 2. The first kappa shape index (κ1) is 45.8. The molecule has 2 rings (SSSR count). The van der Waals surface area contributed by atoms with Crippen LogP contribution in [-0.2, 0) is 50.7 Å². The normalized spacial score (nSPS) is 22.1. The molecule has 7 unspecified atom stereocenters. The number of hydrogen-bond donors (Lipinski definition) is 10. The van der Waals surface area contributed by atoms with E-state index in [-0.39, 0.29) is 41.9 Å². The summed E-state index contributed by atoms with van der Waals surface area (Å²) in [5.74, 6) is -0.975. The van der Waals surface area contributed by atoms with Crippen LogP contribution in [0.25, 0.3) is 0 Å². The minimum atomic E-state index is -5.56. The lowest BCUT2D eigenvalue weighted by Gasteiger charge is -2.30. The second-order valence-electron chi connectivity index (χ2n) is 11.6. The molecule has 28 heteroatoms. The Bertz CT molecular complexity index is 1560. The Labute approximate surface area is 302 Å². The van der Waals surface area contributed by atoms with Gasteiger partial charge < -0.3 is 61.1 Å². The maximum absolute atomic E-state index is 12.6. The molecule has 52 heavy (non-hydrogen) atoms. The van der Waals surface area contributed by atoms with Crippen molar-refractivity contribution in [1.29, 1.82) is 0 Å². The van der Waals surface area contributed by atoms with E-state index in [0.29, 0.717) is 5.75 Å². The highest BCUT2D eigenvalue weighted by Crippen LogP contribution is 2.61. The summed E-state index contributed by atoms with van der Waals surface area (Å²) < 4.78 is 60.9. The second-order valence-corrected chi connectivity index (χ2v) is 17.2. The second kappa shape index (κ2) is 19.3. The summed E-state index contributed by atoms with van der Waals surface area (Å²) in [5.41, 5.74) is 4.42. The summed E-state index contributed by atoms with van der Waals surface area (Å²) in [6, 6.07) is 0. The van der Waals surface area contributed by atoms with Crippen LogP contribution in [0.5, 0.6) is 0 Å². The van der Waals surface area contributed by atoms with Gasteiger partial charge in [0.25, 0.3) is 0 Å². The van der Waals surface area contributed by atoms with E-state index in [9.17, 15) is 57.9 Å². The highest BCUT2D eigenvalue weighted by atomic mass is 32.2. The lowest BCUT2D eigenvalue weighted by molar-refractivity contribution is -0.137. The molecule has 24 nitrogen and oxygen atoms in total. The highest BCUT2D eigenvalue weighted by molar-refractivity contribution is 8.13. The summed E-state index contributed by atoms with van der Waals surface area (Å²) in [5, 5.41) is 28.9. The number of likely N-dealkylation sites (N-methyl/N-ethyl adjacent to an activating group) is 1. The van der Waals surface area contributed by atoms with Gasteiger partial charge in [-0.2, -0.15) is 4.31 Å². The molecular formula is C24H44N7O17P3S. The number of aliphatic hydroxyl groups excluding tert-OH is 2. The van der Waals surface area contributed by atoms with Gasteiger partial charge in [-0.15, -0.1) is 0 Å². The van der Waals surface area contributed by atoms with Crippen molar-refractivity contribution >= 4 is 69.5 Å². The van der Waals surface area contributed by atoms with Crippen LogP contribution in [0.4, 0.5) is 17.3 Å². The zero-order valence-corrected chi connectivity index (χ0v) is 32.0. The molecule has 2 amide bonds. The van der Waals surface area contributed by atoms with E-state index >= 15 is 0 Å². The Morgan fingerprint density at radius 3 is 2.33 bits per heavy atom.